The summed E-state index contributed by atoms with van der Waals surface area (Å²) < 4.78 is 31.7. The Morgan fingerprint density at radius 1 is 1.09 bits per heavy atom. The molecule has 0 saturated heterocycles. The van der Waals surface area contributed by atoms with E-state index in [1.807, 2.05) is 42.5 Å². The highest BCUT2D eigenvalue weighted by Crippen LogP contribution is 2.30. The van der Waals surface area contributed by atoms with Crippen molar-refractivity contribution >= 4 is 17.8 Å². The summed E-state index contributed by atoms with van der Waals surface area (Å²) in [6, 6.07) is 13.2. The maximum absolute atomic E-state index is 12.1. The average Bonchev–Trinajstić information content (AvgIpc) is 3.28. The van der Waals surface area contributed by atoms with Crippen LogP contribution in [-0.4, -0.2) is 64.6 Å². The number of alkyl halides is 3. The molecule has 4 rings (SSSR count). The minimum absolute atomic E-state index is 0.0300. The Morgan fingerprint density at radius 3 is 2.26 bits per heavy atom. The third-order valence-electron chi connectivity index (χ3n) is 5.30. The van der Waals surface area contributed by atoms with Crippen LogP contribution < -0.4 is 5.32 Å². The van der Waals surface area contributed by atoms with Gasteiger partial charge < -0.3 is 20.3 Å². The summed E-state index contributed by atoms with van der Waals surface area (Å²) in [4.78, 5) is 42.5. The van der Waals surface area contributed by atoms with Crippen LogP contribution in [0.15, 0.2) is 48.7 Å². The van der Waals surface area contributed by atoms with Gasteiger partial charge in [-0.2, -0.15) is 13.2 Å². The van der Waals surface area contributed by atoms with E-state index >= 15 is 0 Å². The number of amides is 2. The Bertz CT molecular complexity index is 1250. The number of benzene rings is 1. The molecule has 3 N–H and O–H groups in total. The molecule has 0 fully saturated rings. The lowest BCUT2D eigenvalue weighted by molar-refractivity contribution is -0.192. The van der Waals surface area contributed by atoms with Crippen LogP contribution in [0.4, 0.5) is 13.2 Å². The predicted octanol–water partition coefficient (Wildman–Crippen LogP) is 3.93. The summed E-state index contributed by atoms with van der Waals surface area (Å²) in [7, 11) is 3.47. The summed E-state index contributed by atoms with van der Waals surface area (Å²) in [5, 5.41) is 10.0. The zero-order valence-corrected chi connectivity index (χ0v) is 19.1. The summed E-state index contributed by atoms with van der Waals surface area (Å²) in [5.41, 5.74) is 5.93. The molecule has 11 heteroatoms. The number of aromatic amines is 1. The van der Waals surface area contributed by atoms with Gasteiger partial charge in [0.15, 0.2) is 0 Å². The number of hydrogen-bond acceptors (Lipinski definition) is 4. The molecule has 0 radical (unpaired) electrons. The number of carbonyl (C=O) groups is 3. The van der Waals surface area contributed by atoms with Crippen molar-refractivity contribution in [2.75, 3.05) is 20.6 Å². The minimum atomic E-state index is -5.08. The number of hydrogen-bond donors (Lipinski definition) is 3. The van der Waals surface area contributed by atoms with Gasteiger partial charge in [-0.05, 0) is 30.3 Å². The first-order valence-corrected chi connectivity index (χ1v) is 10.5. The van der Waals surface area contributed by atoms with E-state index in [2.05, 4.69) is 22.2 Å². The molecule has 3 aromatic rings. The quantitative estimate of drug-likeness (QED) is 0.517. The molecule has 0 aliphatic carbocycles. The second-order valence-corrected chi connectivity index (χ2v) is 8.13. The highest BCUT2D eigenvalue weighted by atomic mass is 19.4. The van der Waals surface area contributed by atoms with Gasteiger partial charge >= 0.3 is 12.1 Å². The largest absolute Gasteiger partial charge is 0.490 e. The first-order valence-electron chi connectivity index (χ1n) is 10.5. The van der Waals surface area contributed by atoms with Gasteiger partial charge in [0.2, 0.25) is 0 Å². The normalized spacial score (nSPS) is 14.8. The van der Waals surface area contributed by atoms with Crippen molar-refractivity contribution in [3.8, 4) is 22.5 Å². The van der Waals surface area contributed by atoms with Crippen molar-refractivity contribution in [3.05, 3.63) is 65.5 Å². The third-order valence-corrected chi connectivity index (χ3v) is 5.30. The van der Waals surface area contributed by atoms with Crippen LogP contribution in [0.1, 0.15) is 39.3 Å². The summed E-state index contributed by atoms with van der Waals surface area (Å²) in [6.45, 7) is 2.73. The van der Waals surface area contributed by atoms with Gasteiger partial charge in [0, 0.05) is 60.8 Å². The van der Waals surface area contributed by atoms with Crippen molar-refractivity contribution in [3.63, 3.8) is 0 Å². The van der Waals surface area contributed by atoms with Crippen molar-refractivity contribution in [1.82, 2.24) is 20.2 Å². The second kappa shape index (κ2) is 10.00. The number of halogens is 3. The number of nitrogens with zero attached hydrogens (tertiary/aromatic N) is 2. The van der Waals surface area contributed by atoms with Gasteiger partial charge in [0.1, 0.15) is 0 Å². The van der Waals surface area contributed by atoms with Crippen LogP contribution in [0, 0.1) is 0 Å². The zero-order valence-electron chi connectivity index (χ0n) is 19.1. The summed E-state index contributed by atoms with van der Waals surface area (Å²) >= 11 is 0. The van der Waals surface area contributed by atoms with E-state index in [1.54, 1.807) is 25.2 Å². The van der Waals surface area contributed by atoms with Crippen LogP contribution in [0.5, 0.6) is 0 Å². The van der Waals surface area contributed by atoms with Gasteiger partial charge in [0.05, 0.1) is 11.3 Å². The first kappa shape index (κ1) is 25.5. The fraction of sp³-hybridized carbons (Fsp3) is 0.250. The number of H-pyrrole nitrogens is 1. The average molecular weight is 488 g/mol. The molecule has 1 unspecified atom stereocenters. The van der Waals surface area contributed by atoms with E-state index in [0.717, 1.165) is 28.2 Å². The summed E-state index contributed by atoms with van der Waals surface area (Å²) in [5.74, 6) is -2.57. The molecule has 1 aliphatic rings. The SMILES string of the molecule is CC1CNC(=O)c2cc(-c3ccnc(-c4ccc(C(=O)N(C)C)cc4)c3)[nH]c21.O=C(O)C(F)(F)F. The maximum Gasteiger partial charge on any atom is 0.490 e. The molecule has 35 heavy (non-hydrogen) atoms. The number of carbonyl (C=O) groups excluding carboxylic acids is 2. The molecule has 1 aliphatic heterocycles. The lowest BCUT2D eigenvalue weighted by Gasteiger charge is -2.18. The van der Waals surface area contributed by atoms with Gasteiger partial charge in [0.25, 0.3) is 11.8 Å². The predicted molar refractivity (Wildman–Crippen MR) is 122 cm³/mol. The molecule has 1 aromatic carbocycles. The van der Waals surface area contributed by atoms with Gasteiger partial charge in [-0.15, -0.1) is 0 Å². The Morgan fingerprint density at radius 2 is 1.71 bits per heavy atom. The number of fused-ring (bicyclic) bond motifs is 1. The molecule has 3 heterocycles. The number of pyridine rings is 1. The number of aromatic nitrogens is 2. The Hall–Kier alpha value is -4.15. The fourth-order valence-corrected chi connectivity index (χ4v) is 3.44. The van der Waals surface area contributed by atoms with Crippen LogP contribution in [-0.2, 0) is 4.79 Å². The monoisotopic (exact) mass is 488 g/mol. The number of nitrogens with one attached hydrogen (secondary N) is 2. The molecule has 1 atom stereocenters. The molecule has 0 saturated carbocycles. The second-order valence-electron chi connectivity index (χ2n) is 8.13. The molecule has 184 valence electrons. The topological polar surface area (TPSA) is 115 Å². The third kappa shape index (κ3) is 5.86. The zero-order chi connectivity index (χ0) is 25.9. The van der Waals surface area contributed by atoms with E-state index in [0.29, 0.717) is 17.7 Å². The standard InChI is InChI=1S/C22H22N4O2.C2HF3O2/c1-13-12-24-21(27)17-11-19(25-20(13)17)16-8-9-23-18(10-16)14-4-6-15(7-5-14)22(28)26(2)3;3-2(4,5)1(6)7/h4-11,13,25H,12H2,1-3H3,(H,24,27);(H,6,7). The number of aliphatic carboxylic acids is 1. The molecule has 2 aromatic heterocycles. The van der Waals surface area contributed by atoms with Crippen molar-refractivity contribution < 1.29 is 32.7 Å². The van der Waals surface area contributed by atoms with E-state index in [1.165, 1.54) is 0 Å². The molecular formula is C24H23F3N4O4. The minimum Gasteiger partial charge on any atom is -0.475 e. The Labute approximate surface area is 198 Å². The lowest BCUT2D eigenvalue weighted by atomic mass is 9.99. The fourth-order valence-electron chi connectivity index (χ4n) is 3.44. The smallest absolute Gasteiger partial charge is 0.475 e. The number of carboxylic acid groups (broad SMARTS) is 1. The van der Waals surface area contributed by atoms with E-state index in [-0.39, 0.29) is 17.7 Å². The van der Waals surface area contributed by atoms with Crippen molar-refractivity contribution in [2.45, 2.75) is 19.0 Å². The van der Waals surface area contributed by atoms with Crippen molar-refractivity contribution in [2.24, 2.45) is 0 Å². The van der Waals surface area contributed by atoms with Crippen LogP contribution in [0.25, 0.3) is 22.5 Å². The van der Waals surface area contributed by atoms with Gasteiger partial charge in [-0.1, -0.05) is 19.1 Å². The molecule has 8 nitrogen and oxygen atoms in total. The van der Waals surface area contributed by atoms with Crippen molar-refractivity contribution in [1.29, 1.82) is 0 Å². The van der Waals surface area contributed by atoms with Gasteiger partial charge in [-0.3, -0.25) is 14.6 Å². The van der Waals surface area contributed by atoms with Gasteiger partial charge in [-0.25, -0.2) is 4.79 Å². The van der Waals surface area contributed by atoms with E-state index in [9.17, 15) is 22.8 Å². The highest BCUT2D eigenvalue weighted by Gasteiger charge is 2.38. The number of carboxylic acids is 1. The van der Waals surface area contributed by atoms with E-state index in [4.69, 9.17) is 9.90 Å². The summed E-state index contributed by atoms with van der Waals surface area (Å²) in [6.07, 6.45) is -3.33. The highest BCUT2D eigenvalue weighted by molar-refractivity contribution is 5.98. The Kier molecular flexibility index (Phi) is 7.28. The molecule has 2 amide bonds. The van der Waals surface area contributed by atoms with Crippen LogP contribution >= 0.6 is 0 Å². The van der Waals surface area contributed by atoms with E-state index < -0.39 is 12.1 Å². The number of rotatable bonds is 3. The maximum atomic E-state index is 12.1. The first-order chi connectivity index (χ1) is 16.4. The molecular weight excluding hydrogens is 465 g/mol. The lowest BCUT2D eigenvalue weighted by Crippen LogP contribution is -2.33. The molecule has 0 spiro atoms. The Balaban J connectivity index is 0.000000429. The van der Waals surface area contributed by atoms with Crippen LogP contribution in [0.2, 0.25) is 0 Å². The molecule has 0 bridgehead atoms. The van der Waals surface area contributed by atoms with Crippen LogP contribution in [0.3, 0.4) is 0 Å².